The van der Waals surface area contributed by atoms with Gasteiger partial charge in [0.2, 0.25) is 6.79 Å². The van der Waals surface area contributed by atoms with Gasteiger partial charge in [0.1, 0.15) is 32.7 Å². The summed E-state index contributed by atoms with van der Waals surface area (Å²) in [5, 5.41) is 0. The van der Waals surface area contributed by atoms with Crippen molar-refractivity contribution in [1.82, 2.24) is 9.80 Å². The molecule has 2 fully saturated rings. The maximum Gasteiger partial charge on any atom is 0.338 e. The lowest BCUT2D eigenvalue weighted by atomic mass is 10.1. The molecule has 3 aliphatic rings. The Morgan fingerprint density at radius 3 is 2.30 bits per heavy atom. The molecule has 0 aliphatic carbocycles. The van der Waals surface area contributed by atoms with Gasteiger partial charge in [0.25, 0.3) is 0 Å². The second kappa shape index (κ2) is 7.16. The average Bonchev–Trinajstić information content (AvgIpc) is 3.21. The molecule has 9 heteroatoms. The summed E-state index contributed by atoms with van der Waals surface area (Å²) >= 11 is 0. The number of benzene rings is 1. The zero-order chi connectivity index (χ0) is 19.0. The van der Waals surface area contributed by atoms with Gasteiger partial charge in [-0.25, -0.2) is 9.69 Å². The summed E-state index contributed by atoms with van der Waals surface area (Å²) in [6, 6.07) is 5.54. The molecule has 1 aromatic carbocycles. The lowest BCUT2D eigenvalue weighted by molar-refractivity contribution is -1.02. The Balaban J connectivity index is 1.30. The maximum atomic E-state index is 12.2. The van der Waals surface area contributed by atoms with Gasteiger partial charge in [0.05, 0.1) is 0 Å². The highest BCUT2D eigenvalue weighted by Gasteiger charge is 2.45. The van der Waals surface area contributed by atoms with Crippen molar-refractivity contribution < 1.29 is 33.7 Å². The van der Waals surface area contributed by atoms with Gasteiger partial charge in [0.15, 0.2) is 18.2 Å². The summed E-state index contributed by atoms with van der Waals surface area (Å²) < 4.78 is 10.8. The largest absolute Gasteiger partial charge is 0.454 e. The van der Waals surface area contributed by atoms with Crippen LogP contribution in [0.15, 0.2) is 18.2 Å². The van der Waals surface area contributed by atoms with Crippen molar-refractivity contribution in [2.24, 2.45) is 0 Å². The number of ether oxygens (including phenoxy) is 2. The van der Waals surface area contributed by atoms with E-state index in [4.69, 9.17) is 9.47 Å². The SMILES string of the molecule is CCN1C(=O)C(=O)N(C[NH+]2CC[NH+](Cc3ccc4c(c3)OCO4)CC2)C1=O. The summed E-state index contributed by atoms with van der Waals surface area (Å²) in [6.07, 6.45) is 0. The molecule has 0 saturated carbocycles. The van der Waals surface area contributed by atoms with Gasteiger partial charge in [-0.1, -0.05) is 0 Å². The highest BCUT2D eigenvalue weighted by atomic mass is 16.7. The van der Waals surface area contributed by atoms with Crippen LogP contribution in [0.5, 0.6) is 11.5 Å². The zero-order valence-electron chi connectivity index (χ0n) is 15.3. The predicted molar refractivity (Wildman–Crippen MR) is 92.2 cm³/mol. The molecule has 0 aromatic heterocycles. The first kappa shape index (κ1) is 17.7. The number of carbonyl (C=O) groups excluding carboxylic acids is 3. The molecule has 4 amide bonds. The van der Waals surface area contributed by atoms with Crippen molar-refractivity contribution in [3.63, 3.8) is 0 Å². The van der Waals surface area contributed by atoms with Gasteiger partial charge in [-0.3, -0.25) is 14.5 Å². The van der Waals surface area contributed by atoms with E-state index in [1.165, 1.54) is 10.5 Å². The van der Waals surface area contributed by atoms with Crippen LogP contribution in [-0.2, 0) is 16.1 Å². The summed E-state index contributed by atoms with van der Waals surface area (Å²) in [4.78, 5) is 40.7. The van der Waals surface area contributed by atoms with Crippen LogP contribution in [-0.4, -0.2) is 73.8 Å². The fourth-order valence-electron chi connectivity index (χ4n) is 3.82. The summed E-state index contributed by atoms with van der Waals surface area (Å²) in [5.74, 6) is 0.171. The van der Waals surface area contributed by atoms with Gasteiger partial charge < -0.3 is 19.3 Å². The Morgan fingerprint density at radius 1 is 0.926 bits per heavy atom. The van der Waals surface area contributed by atoms with Crippen LogP contribution in [0.2, 0.25) is 0 Å². The van der Waals surface area contributed by atoms with Gasteiger partial charge in [-0.15, -0.1) is 0 Å². The van der Waals surface area contributed by atoms with E-state index in [0.717, 1.165) is 58.9 Å². The minimum Gasteiger partial charge on any atom is -0.454 e. The van der Waals surface area contributed by atoms with Crippen molar-refractivity contribution in [2.45, 2.75) is 13.5 Å². The minimum absolute atomic E-state index is 0.225. The van der Waals surface area contributed by atoms with Crippen molar-refractivity contribution in [3.8, 4) is 11.5 Å². The molecule has 144 valence electrons. The highest BCUT2D eigenvalue weighted by molar-refractivity contribution is 6.44. The van der Waals surface area contributed by atoms with Gasteiger partial charge in [0, 0.05) is 12.1 Å². The molecule has 0 atom stereocenters. The van der Waals surface area contributed by atoms with Gasteiger partial charge >= 0.3 is 17.8 Å². The molecule has 0 spiro atoms. The number of amides is 4. The number of rotatable bonds is 5. The van der Waals surface area contributed by atoms with Gasteiger partial charge in [-0.2, -0.15) is 0 Å². The van der Waals surface area contributed by atoms with Crippen LogP contribution in [0, 0.1) is 0 Å². The highest BCUT2D eigenvalue weighted by Crippen LogP contribution is 2.32. The third-order valence-electron chi connectivity index (χ3n) is 5.39. The molecule has 0 bridgehead atoms. The van der Waals surface area contributed by atoms with Crippen LogP contribution < -0.4 is 19.3 Å². The molecule has 4 rings (SSSR count). The molecule has 2 saturated heterocycles. The number of piperazine rings is 1. The topological polar surface area (TPSA) is 85.0 Å². The first-order chi connectivity index (χ1) is 13.1. The van der Waals surface area contributed by atoms with E-state index in [2.05, 4.69) is 6.07 Å². The third kappa shape index (κ3) is 3.35. The number of fused-ring (bicyclic) bond motifs is 1. The van der Waals surface area contributed by atoms with Crippen LogP contribution in [0.3, 0.4) is 0 Å². The van der Waals surface area contributed by atoms with Gasteiger partial charge in [-0.05, 0) is 25.1 Å². The summed E-state index contributed by atoms with van der Waals surface area (Å²) in [5.41, 5.74) is 1.20. The first-order valence-electron chi connectivity index (χ1n) is 9.29. The Labute approximate surface area is 157 Å². The van der Waals surface area contributed by atoms with E-state index in [1.54, 1.807) is 6.92 Å². The number of nitrogens with zero attached hydrogens (tertiary/aromatic N) is 2. The van der Waals surface area contributed by atoms with E-state index < -0.39 is 17.8 Å². The second-order valence-electron chi connectivity index (χ2n) is 7.09. The monoisotopic (exact) mass is 376 g/mol. The molecule has 3 aliphatic heterocycles. The number of imide groups is 2. The number of hydrogen-bond donors (Lipinski definition) is 2. The fraction of sp³-hybridized carbons (Fsp3) is 0.500. The number of urea groups is 1. The molecule has 27 heavy (non-hydrogen) atoms. The Bertz CT molecular complexity index is 775. The third-order valence-corrected chi connectivity index (χ3v) is 5.39. The normalized spacial score (nSPS) is 24.9. The van der Waals surface area contributed by atoms with Crippen molar-refractivity contribution >= 4 is 17.8 Å². The van der Waals surface area contributed by atoms with Crippen LogP contribution in [0.4, 0.5) is 4.79 Å². The number of hydrogen-bond acceptors (Lipinski definition) is 5. The van der Waals surface area contributed by atoms with Crippen LogP contribution in [0.25, 0.3) is 0 Å². The Kier molecular flexibility index (Phi) is 4.71. The smallest absolute Gasteiger partial charge is 0.338 e. The molecule has 1 aromatic rings. The quantitative estimate of drug-likeness (QED) is 0.437. The van der Waals surface area contributed by atoms with E-state index in [1.807, 2.05) is 12.1 Å². The van der Waals surface area contributed by atoms with Crippen molar-refractivity contribution in [1.29, 1.82) is 0 Å². The van der Waals surface area contributed by atoms with Crippen molar-refractivity contribution in [3.05, 3.63) is 23.8 Å². The van der Waals surface area contributed by atoms with E-state index in [-0.39, 0.29) is 20.0 Å². The summed E-state index contributed by atoms with van der Waals surface area (Å²) in [6.45, 7) is 6.91. The maximum absolute atomic E-state index is 12.2. The van der Waals surface area contributed by atoms with Crippen LogP contribution in [0.1, 0.15) is 12.5 Å². The molecule has 2 N–H and O–H groups in total. The number of likely N-dealkylation sites (N-methyl/N-ethyl adjacent to an activating group) is 1. The van der Waals surface area contributed by atoms with Crippen molar-refractivity contribution in [2.75, 3.05) is 46.2 Å². The van der Waals surface area contributed by atoms with E-state index in [0.29, 0.717) is 0 Å². The minimum atomic E-state index is -0.714. The zero-order valence-corrected chi connectivity index (χ0v) is 15.3. The lowest BCUT2D eigenvalue weighted by Gasteiger charge is -2.31. The molecular weight excluding hydrogens is 352 g/mol. The van der Waals surface area contributed by atoms with Crippen LogP contribution >= 0.6 is 0 Å². The number of quaternary nitrogens is 2. The van der Waals surface area contributed by atoms with E-state index >= 15 is 0 Å². The first-order valence-corrected chi connectivity index (χ1v) is 9.29. The molecule has 9 nitrogen and oxygen atoms in total. The molecular formula is C18H24N4O5+2. The average molecular weight is 376 g/mol. The molecule has 0 radical (unpaired) electrons. The summed E-state index contributed by atoms with van der Waals surface area (Å²) in [7, 11) is 0. The Hall–Kier alpha value is -2.65. The predicted octanol–water partition coefficient (Wildman–Crippen LogP) is -2.53. The fourth-order valence-corrected chi connectivity index (χ4v) is 3.82. The molecule has 3 heterocycles. The lowest BCUT2D eigenvalue weighted by Crippen LogP contribution is -3.28. The molecule has 0 unspecified atom stereocenters. The number of nitrogens with one attached hydrogen (secondary N) is 2. The number of carbonyl (C=O) groups is 3. The second-order valence-corrected chi connectivity index (χ2v) is 7.09. The van der Waals surface area contributed by atoms with E-state index in [9.17, 15) is 14.4 Å². The standard InChI is InChI=1S/C18H22N4O5/c1-2-21-16(23)17(24)22(18(21)25)11-20-7-5-19(6-8-20)10-13-3-4-14-15(9-13)27-12-26-14/h3-4,9H,2,5-8,10-12H2,1H3/p+2. The Morgan fingerprint density at radius 2 is 1.59 bits per heavy atom.